The fourth-order valence-electron chi connectivity index (χ4n) is 1.27. The van der Waals surface area contributed by atoms with Gasteiger partial charge in [0.2, 0.25) is 0 Å². The van der Waals surface area contributed by atoms with Crippen molar-refractivity contribution in [3.63, 3.8) is 0 Å². The van der Waals surface area contributed by atoms with Crippen LogP contribution in [0.25, 0.3) is 0 Å². The number of hydrogen-bond acceptors (Lipinski definition) is 4. The highest BCUT2D eigenvalue weighted by Gasteiger charge is 1.99. The lowest BCUT2D eigenvalue weighted by atomic mass is 10.3. The highest BCUT2D eigenvalue weighted by atomic mass is 32.2. The van der Waals surface area contributed by atoms with E-state index < -0.39 is 0 Å². The first-order valence-corrected chi connectivity index (χ1v) is 5.81. The van der Waals surface area contributed by atoms with Gasteiger partial charge >= 0.3 is 0 Å². The van der Waals surface area contributed by atoms with Crippen molar-refractivity contribution in [1.29, 1.82) is 5.26 Å². The first-order valence-electron chi connectivity index (χ1n) is 5.00. The quantitative estimate of drug-likeness (QED) is 0.829. The number of benzene rings is 1. The highest BCUT2D eigenvalue weighted by Crippen LogP contribution is 2.27. The van der Waals surface area contributed by atoms with Crippen LogP contribution >= 0.6 is 11.8 Å². The molecule has 4 heteroatoms. The van der Waals surface area contributed by atoms with Crippen LogP contribution in [0.1, 0.15) is 5.56 Å². The average Bonchev–Trinajstić information content (AvgIpc) is 2.40. The summed E-state index contributed by atoms with van der Waals surface area (Å²) in [5.74, 6) is 0.835. The van der Waals surface area contributed by atoms with Crippen molar-refractivity contribution in [2.45, 2.75) is 9.92 Å². The predicted molar refractivity (Wildman–Crippen MR) is 66.1 cm³/mol. The molecule has 17 heavy (non-hydrogen) atoms. The van der Waals surface area contributed by atoms with Crippen molar-refractivity contribution in [1.82, 2.24) is 4.98 Å². The van der Waals surface area contributed by atoms with Crippen LogP contribution < -0.4 is 4.74 Å². The van der Waals surface area contributed by atoms with Gasteiger partial charge in [-0.25, -0.2) is 4.98 Å². The van der Waals surface area contributed by atoms with E-state index in [1.54, 1.807) is 31.1 Å². The monoisotopic (exact) mass is 242 g/mol. The molecule has 0 saturated carbocycles. The van der Waals surface area contributed by atoms with Crippen molar-refractivity contribution in [3.05, 3.63) is 48.2 Å². The molecule has 0 spiro atoms. The molecule has 3 nitrogen and oxygen atoms in total. The lowest BCUT2D eigenvalue weighted by Gasteiger charge is -2.02. The molecule has 0 radical (unpaired) electrons. The number of nitriles is 1. The molecule has 1 aromatic heterocycles. The van der Waals surface area contributed by atoms with Gasteiger partial charge in [0, 0.05) is 11.1 Å². The Hall–Kier alpha value is -1.99. The molecule has 1 aromatic carbocycles. The lowest BCUT2D eigenvalue weighted by molar-refractivity contribution is 0.414. The standard InChI is InChI=1S/C13H10N2OS/c1-16-11-3-5-12(6-4-11)17-13-7-2-10(8-14)9-15-13/h2-7,9H,1H3. The molecule has 0 saturated heterocycles. The van der Waals surface area contributed by atoms with Crippen molar-refractivity contribution < 1.29 is 4.74 Å². The minimum Gasteiger partial charge on any atom is -0.497 e. The van der Waals surface area contributed by atoms with E-state index in [1.807, 2.05) is 36.4 Å². The number of ether oxygens (including phenoxy) is 1. The molecular weight excluding hydrogens is 232 g/mol. The molecule has 0 aliphatic heterocycles. The van der Waals surface area contributed by atoms with E-state index in [9.17, 15) is 0 Å². The molecular formula is C13H10N2OS. The van der Waals surface area contributed by atoms with Crippen LogP contribution in [0.15, 0.2) is 52.5 Å². The van der Waals surface area contributed by atoms with Gasteiger partial charge in [0.25, 0.3) is 0 Å². The van der Waals surface area contributed by atoms with E-state index in [-0.39, 0.29) is 0 Å². The summed E-state index contributed by atoms with van der Waals surface area (Å²) in [5.41, 5.74) is 0.573. The van der Waals surface area contributed by atoms with E-state index in [1.165, 1.54) is 0 Å². The molecule has 84 valence electrons. The molecule has 0 bridgehead atoms. The first-order chi connectivity index (χ1) is 8.31. The van der Waals surface area contributed by atoms with Crippen molar-refractivity contribution >= 4 is 11.8 Å². The van der Waals surface area contributed by atoms with Gasteiger partial charge in [0.05, 0.1) is 12.7 Å². The Labute approximate surface area is 104 Å². The van der Waals surface area contributed by atoms with Gasteiger partial charge in [-0.2, -0.15) is 5.26 Å². The minimum absolute atomic E-state index is 0.573. The fourth-order valence-corrected chi connectivity index (χ4v) is 2.03. The molecule has 0 atom stereocenters. The van der Waals surface area contributed by atoms with E-state index >= 15 is 0 Å². The predicted octanol–water partition coefficient (Wildman–Crippen LogP) is 3.11. The summed E-state index contributed by atoms with van der Waals surface area (Å²) in [6, 6.07) is 13.4. The largest absolute Gasteiger partial charge is 0.497 e. The van der Waals surface area contributed by atoms with Crippen LogP contribution in [0.5, 0.6) is 5.75 Å². The number of nitrogens with zero attached hydrogens (tertiary/aromatic N) is 2. The molecule has 0 fully saturated rings. The van der Waals surface area contributed by atoms with Crippen molar-refractivity contribution in [3.8, 4) is 11.8 Å². The van der Waals surface area contributed by atoms with E-state index in [0.29, 0.717) is 5.56 Å². The summed E-state index contributed by atoms with van der Waals surface area (Å²) in [5, 5.41) is 9.53. The second kappa shape index (κ2) is 5.37. The summed E-state index contributed by atoms with van der Waals surface area (Å²) < 4.78 is 5.09. The minimum atomic E-state index is 0.573. The molecule has 1 heterocycles. The Bertz CT molecular complexity index is 529. The molecule has 0 unspecified atom stereocenters. The number of hydrogen-bond donors (Lipinski definition) is 0. The van der Waals surface area contributed by atoms with Crippen molar-refractivity contribution in [2.24, 2.45) is 0 Å². The van der Waals surface area contributed by atoms with E-state index in [2.05, 4.69) is 4.98 Å². The van der Waals surface area contributed by atoms with Crippen LogP contribution in [-0.4, -0.2) is 12.1 Å². The van der Waals surface area contributed by atoms with Crippen LogP contribution in [0, 0.1) is 11.3 Å². The SMILES string of the molecule is COc1ccc(Sc2ccc(C#N)cn2)cc1. The first kappa shape index (κ1) is 11.5. The summed E-state index contributed by atoms with van der Waals surface area (Å²) in [7, 11) is 1.64. The zero-order valence-electron chi connectivity index (χ0n) is 9.25. The van der Waals surface area contributed by atoms with Gasteiger partial charge in [-0.15, -0.1) is 0 Å². The van der Waals surface area contributed by atoms with Crippen LogP contribution in [0.2, 0.25) is 0 Å². The number of pyridine rings is 1. The maximum Gasteiger partial charge on any atom is 0.118 e. The molecule has 0 aliphatic rings. The third kappa shape index (κ3) is 2.99. The Morgan fingerprint density at radius 1 is 1.18 bits per heavy atom. The highest BCUT2D eigenvalue weighted by molar-refractivity contribution is 7.99. The molecule has 2 rings (SSSR count). The lowest BCUT2D eigenvalue weighted by Crippen LogP contribution is -1.83. The zero-order valence-corrected chi connectivity index (χ0v) is 10.1. The summed E-state index contributed by atoms with van der Waals surface area (Å²) in [4.78, 5) is 5.28. The third-order valence-electron chi connectivity index (χ3n) is 2.15. The smallest absolute Gasteiger partial charge is 0.118 e. The zero-order chi connectivity index (χ0) is 12.1. The average molecular weight is 242 g/mol. The maximum absolute atomic E-state index is 8.67. The summed E-state index contributed by atoms with van der Waals surface area (Å²) in [6.07, 6.45) is 1.58. The van der Waals surface area contributed by atoms with E-state index in [0.717, 1.165) is 15.7 Å². The maximum atomic E-state index is 8.67. The van der Waals surface area contributed by atoms with Gasteiger partial charge in [-0.05, 0) is 36.4 Å². The summed E-state index contributed by atoms with van der Waals surface area (Å²) in [6.45, 7) is 0. The Kier molecular flexibility index (Phi) is 3.63. The van der Waals surface area contributed by atoms with E-state index in [4.69, 9.17) is 10.00 Å². The molecule has 0 aliphatic carbocycles. The second-order valence-electron chi connectivity index (χ2n) is 3.27. The Morgan fingerprint density at radius 2 is 1.94 bits per heavy atom. The third-order valence-corrected chi connectivity index (χ3v) is 3.11. The van der Waals surface area contributed by atoms with Gasteiger partial charge in [0.1, 0.15) is 16.8 Å². The summed E-state index contributed by atoms with van der Waals surface area (Å²) >= 11 is 1.55. The number of rotatable bonds is 3. The van der Waals surface area contributed by atoms with Crippen molar-refractivity contribution in [2.75, 3.05) is 7.11 Å². The van der Waals surface area contributed by atoms with Crippen LogP contribution in [-0.2, 0) is 0 Å². The Morgan fingerprint density at radius 3 is 2.47 bits per heavy atom. The topological polar surface area (TPSA) is 45.9 Å². The van der Waals surface area contributed by atoms with Gasteiger partial charge in [-0.3, -0.25) is 0 Å². The molecule has 0 N–H and O–H groups in total. The second-order valence-corrected chi connectivity index (χ2v) is 4.37. The fraction of sp³-hybridized carbons (Fsp3) is 0.0769. The number of aromatic nitrogens is 1. The van der Waals surface area contributed by atoms with Gasteiger partial charge < -0.3 is 4.74 Å². The normalized spacial score (nSPS) is 9.65. The van der Waals surface area contributed by atoms with Crippen LogP contribution in [0.4, 0.5) is 0 Å². The van der Waals surface area contributed by atoms with Gasteiger partial charge in [0.15, 0.2) is 0 Å². The Balaban J connectivity index is 2.11. The molecule has 0 amide bonds. The van der Waals surface area contributed by atoms with Crippen LogP contribution in [0.3, 0.4) is 0 Å². The molecule has 2 aromatic rings. The number of methoxy groups -OCH3 is 1. The van der Waals surface area contributed by atoms with Gasteiger partial charge in [-0.1, -0.05) is 11.8 Å².